The largest absolute Gasteiger partial charge is 0.497 e. The number of ether oxygens (including phenoxy) is 1. The monoisotopic (exact) mass is 352 g/mol. The number of nitrogens with one attached hydrogen (secondary N) is 1. The Kier molecular flexibility index (Phi) is 6.30. The van der Waals surface area contributed by atoms with Crippen molar-refractivity contribution in [3.05, 3.63) is 51.2 Å². The van der Waals surface area contributed by atoms with Crippen molar-refractivity contribution in [1.29, 1.82) is 0 Å². The fourth-order valence-electron chi connectivity index (χ4n) is 2.26. The van der Waals surface area contributed by atoms with E-state index in [0.717, 1.165) is 26.9 Å². The van der Waals surface area contributed by atoms with Crippen molar-refractivity contribution >= 4 is 29.0 Å². The van der Waals surface area contributed by atoms with Crippen LogP contribution in [0.3, 0.4) is 0 Å². The van der Waals surface area contributed by atoms with Gasteiger partial charge in [-0.1, -0.05) is 30.7 Å². The van der Waals surface area contributed by atoms with Gasteiger partial charge in [-0.2, -0.15) is 0 Å². The first-order valence-electron chi connectivity index (χ1n) is 7.43. The first kappa shape index (κ1) is 17.6. The van der Waals surface area contributed by atoms with Crippen molar-refractivity contribution in [3.63, 3.8) is 0 Å². The van der Waals surface area contributed by atoms with Gasteiger partial charge in [-0.05, 0) is 36.2 Å². The van der Waals surface area contributed by atoms with Crippen LogP contribution in [0.1, 0.15) is 29.8 Å². The molecule has 2 amide bonds. The molecule has 1 aromatic carbocycles. The second-order valence-electron chi connectivity index (χ2n) is 5.25. The summed E-state index contributed by atoms with van der Waals surface area (Å²) in [4.78, 5) is 15.1. The van der Waals surface area contributed by atoms with Crippen molar-refractivity contribution in [1.82, 2.24) is 10.2 Å². The summed E-state index contributed by atoms with van der Waals surface area (Å²) in [6.45, 7) is 2.59. The van der Waals surface area contributed by atoms with E-state index >= 15 is 0 Å². The fourth-order valence-corrected chi connectivity index (χ4v) is 3.40. The van der Waals surface area contributed by atoms with Crippen molar-refractivity contribution in [2.75, 3.05) is 14.2 Å². The zero-order valence-electron chi connectivity index (χ0n) is 13.5. The lowest BCUT2D eigenvalue weighted by Crippen LogP contribution is -2.38. The minimum absolute atomic E-state index is 0.0252. The van der Waals surface area contributed by atoms with Gasteiger partial charge in [0.1, 0.15) is 5.75 Å². The number of rotatable bonds is 6. The van der Waals surface area contributed by atoms with Gasteiger partial charge in [-0.3, -0.25) is 0 Å². The van der Waals surface area contributed by atoms with Crippen LogP contribution in [0.4, 0.5) is 4.79 Å². The van der Waals surface area contributed by atoms with Gasteiger partial charge >= 0.3 is 6.03 Å². The van der Waals surface area contributed by atoms with Crippen molar-refractivity contribution < 1.29 is 9.53 Å². The highest BCUT2D eigenvalue weighted by Gasteiger charge is 2.16. The first-order valence-corrected chi connectivity index (χ1v) is 8.62. The van der Waals surface area contributed by atoms with Crippen LogP contribution >= 0.6 is 22.9 Å². The third-order valence-corrected chi connectivity index (χ3v) is 4.81. The van der Waals surface area contributed by atoms with Crippen molar-refractivity contribution in [2.45, 2.75) is 25.9 Å². The predicted octanol–water partition coefficient (Wildman–Crippen LogP) is 4.70. The van der Waals surface area contributed by atoms with Crippen molar-refractivity contribution in [3.8, 4) is 5.75 Å². The van der Waals surface area contributed by atoms with Gasteiger partial charge in [-0.15, -0.1) is 11.3 Å². The average molecular weight is 353 g/mol. The second kappa shape index (κ2) is 8.22. The van der Waals surface area contributed by atoms with E-state index in [1.807, 2.05) is 43.3 Å². The van der Waals surface area contributed by atoms with Gasteiger partial charge in [-0.25, -0.2) is 4.79 Å². The molecule has 0 aliphatic carbocycles. The Bertz CT molecular complexity index is 642. The van der Waals surface area contributed by atoms with Gasteiger partial charge in [0.05, 0.1) is 24.0 Å². The molecule has 4 nitrogen and oxygen atoms in total. The molecule has 23 heavy (non-hydrogen) atoms. The summed E-state index contributed by atoms with van der Waals surface area (Å²) in [5, 5.41) is 3.07. The Morgan fingerprint density at radius 2 is 2.00 bits per heavy atom. The molecule has 1 atom stereocenters. The molecule has 0 saturated heterocycles. The molecule has 2 aromatic rings. The smallest absolute Gasteiger partial charge is 0.317 e. The summed E-state index contributed by atoms with van der Waals surface area (Å²) < 4.78 is 5.90. The van der Waals surface area contributed by atoms with E-state index in [-0.39, 0.29) is 12.1 Å². The van der Waals surface area contributed by atoms with E-state index in [0.29, 0.717) is 6.54 Å². The van der Waals surface area contributed by atoms with Crippen LogP contribution < -0.4 is 10.1 Å². The maximum atomic E-state index is 12.4. The Morgan fingerprint density at radius 1 is 1.30 bits per heavy atom. The molecule has 6 heteroatoms. The lowest BCUT2D eigenvalue weighted by Gasteiger charge is -2.23. The maximum Gasteiger partial charge on any atom is 0.317 e. The summed E-state index contributed by atoms with van der Waals surface area (Å²) in [5.41, 5.74) is 1.06. The maximum absolute atomic E-state index is 12.4. The number of benzene rings is 1. The number of halogens is 1. The molecule has 1 heterocycles. The van der Waals surface area contributed by atoms with E-state index < -0.39 is 0 Å². The molecule has 2 rings (SSSR count). The minimum Gasteiger partial charge on any atom is -0.497 e. The molecule has 1 aromatic heterocycles. The zero-order valence-corrected chi connectivity index (χ0v) is 15.1. The summed E-state index contributed by atoms with van der Waals surface area (Å²) in [5.74, 6) is 0.807. The fraction of sp³-hybridized carbons (Fsp3) is 0.353. The number of thiophene rings is 1. The van der Waals surface area contributed by atoms with Crippen LogP contribution in [-0.4, -0.2) is 25.1 Å². The molecule has 0 saturated carbocycles. The topological polar surface area (TPSA) is 41.6 Å². The summed E-state index contributed by atoms with van der Waals surface area (Å²) in [7, 11) is 3.42. The predicted molar refractivity (Wildman–Crippen MR) is 95.4 cm³/mol. The Morgan fingerprint density at radius 3 is 2.52 bits per heavy atom. The molecule has 0 radical (unpaired) electrons. The molecule has 0 aliphatic heterocycles. The van der Waals surface area contributed by atoms with Gasteiger partial charge in [0.2, 0.25) is 0 Å². The number of methoxy groups -OCH3 is 1. The lowest BCUT2D eigenvalue weighted by atomic mass is 10.0. The zero-order chi connectivity index (χ0) is 16.8. The van der Waals surface area contributed by atoms with Crippen molar-refractivity contribution in [2.24, 2.45) is 0 Å². The molecule has 0 aliphatic rings. The Labute approximate surface area is 146 Å². The highest BCUT2D eigenvalue weighted by molar-refractivity contribution is 7.16. The normalized spacial score (nSPS) is 11.8. The molecular weight excluding hydrogens is 332 g/mol. The number of urea groups is 1. The third-order valence-electron chi connectivity index (χ3n) is 3.59. The van der Waals surface area contributed by atoms with Crippen LogP contribution in [0.2, 0.25) is 4.34 Å². The Balaban J connectivity index is 1.97. The molecule has 1 unspecified atom stereocenters. The highest BCUT2D eigenvalue weighted by atomic mass is 35.5. The molecule has 0 spiro atoms. The SMILES string of the molecule is CCC(NC(=O)N(C)Cc1ccc(Cl)s1)c1ccc(OC)cc1. The van der Waals surface area contributed by atoms with Gasteiger partial charge in [0.15, 0.2) is 0 Å². The van der Waals surface area contributed by atoms with E-state index in [2.05, 4.69) is 5.32 Å². The number of carbonyl (C=O) groups excluding carboxylic acids is 1. The summed E-state index contributed by atoms with van der Waals surface area (Å²) >= 11 is 7.41. The minimum atomic E-state index is -0.0998. The van der Waals surface area contributed by atoms with Crippen LogP contribution in [0.25, 0.3) is 0 Å². The Hall–Kier alpha value is -1.72. The van der Waals surface area contributed by atoms with Crippen LogP contribution in [0.5, 0.6) is 5.75 Å². The quantitative estimate of drug-likeness (QED) is 0.818. The summed E-state index contributed by atoms with van der Waals surface area (Å²) in [6.07, 6.45) is 0.816. The van der Waals surface area contributed by atoms with Crippen LogP contribution in [-0.2, 0) is 6.54 Å². The van der Waals surface area contributed by atoms with E-state index in [9.17, 15) is 4.79 Å². The number of nitrogens with zero attached hydrogens (tertiary/aromatic N) is 1. The van der Waals surface area contributed by atoms with E-state index in [1.165, 1.54) is 11.3 Å². The molecule has 0 fully saturated rings. The van der Waals surface area contributed by atoms with Crippen LogP contribution in [0.15, 0.2) is 36.4 Å². The molecule has 0 bridgehead atoms. The lowest BCUT2D eigenvalue weighted by molar-refractivity contribution is 0.202. The molecular formula is C17H21ClN2O2S. The average Bonchev–Trinajstić information content (AvgIpc) is 2.97. The van der Waals surface area contributed by atoms with Gasteiger partial charge in [0.25, 0.3) is 0 Å². The number of amides is 2. The standard InChI is InChI=1S/C17H21ClN2O2S/c1-4-15(12-5-7-13(22-3)8-6-12)19-17(21)20(2)11-14-9-10-16(18)23-14/h5-10,15H,4,11H2,1-3H3,(H,19,21). The third kappa shape index (κ3) is 4.88. The molecule has 1 N–H and O–H groups in total. The van der Waals surface area contributed by atoms with Gasteiger partial charge < -0.3 is 15.0 Å². The number of hydrogen-bond donors (Lipinski definition) is 1. The highest BCUT2D eigenvalue weighted by Crippen LogP contribution is 2.23. The van der Waals surface area contributed by atoms with E-state index in [1.54, 1.807) is 19.1 Å². The number of hydrogen-bond acceptors (Lipinski definition) is 3. The molecule has 124 valence electrons. The number of carbonyl (C=O) groups is 1. The first-order chi connectivity index (χ1) is 11.0. The van der Waals surface area contributed by atoms with Crippen LogP contribution in [0, 0.1) is 0 Å². The van der Waals surface area contributed by atoms with Gasteiger partial charge in [0, 0.05) is 11.9 Å². The summed E-state index contributed by atoms with van der Waals surface area (Å²) in [6, 6.07) is 11.4. The second-order valence-corrected chi connectivity index (χ2v) is 7.05. The van der Waals surface area contributed by atoms with E-state index in [4.69, 9.17) is 16.3 Å².